The van der Waals surface area contributed by atoms with Crippen LogP contribution in [0.4, 0.5) is 5.82 Å². The van der Waals surface area contributed by atoms with Crippen molar-refractivity contribution in [1.82, 2.24) is 14.6 Å². The molecule has 2 aromatic heterocycles. The summed E-state index contributed by atoms with van der Waals surface area (Å²) >= 11 is 3.55. The van der Waals surface area contributed by atoms with Gasteiger partial charge in [0.15, 0.2) is 5.65 Å². The summed E-state index contributed by atoms with van der Waals surface area (Å²) in [4.78, 5) is 11.6. The number of halogens is 1. The topological polar surface area (TPSA) is 66.0 Å². The van der Waals surface area contributed by atoms with Crippen molar-refractivity contribution in [3.8, 4) is 0 Å². The molecule has 0 saturated carbocycles. The molecule has 1 N–H and O–H groups in total. The van der Waals surface area contributed by atoms with Gasteiger partial charge in [-0.1, -0.05) is 12.7 Å². The molecule has 1 atom stereocenters. The van der Waals surface area contributed by atoms with Gasteiger partial charge in [-0.25, -0.2) is 9.50 Å². The number of aryl methyl sites for hydroxylation is 1. The van der Waals surface area contributed by atoms with Crippen molar-refractivity contribution >= 4 is 33.6 Å². The first-order valence-electron chi connectivity index (χ1n) is 9.87. The molecule has 150 valence electrons. The molecule has 0 aliphatic carbocycles. The van der Waals surface area contributed by atoms with Gasteiger partial charge in [-0.2, -0.15) is 5.10 Å². The van der Waals surface area contributed by atoms with Gasteiger partial charge in [0.05, 0.1) is 10.7 Å². The zero-order valence-electron chi connectivity index (χ0n) is 16.4. The Labute approximate surface area is 174 Å². The standard InChI is InChI=1S/C21H28BrN5O/c1-3-16(13-23-4-2)8-9-17-15-27-21(19(22)14-24-27)25-20(17)26-11-6-5-7-18(26)10-12-28/h3-4,13-15,18,28H,1,5-12H2,2H3/b16-13+,23-4?/t18-/m0/s1. The van der Waals surface area contributed by atoms with Crippen LogP contribution in [0, 0.1) is 0 Å². The van der Waals surface area contributed by atoms with Crippen LogP contribution in [-0.4, -0.2) is 45.1 Å². The number of piperidine rings is 1. The third kappa shape index (κ3) is 4.70. The molecule has 0 unspecified atom stereocenters. The zero-order chi connectivity index (χ0) is 19.9. The van der Waals surface area contributed by atoms with Crippen LogP contribution in [0.25, 0.3) is 5.65 Å². The molecular weight excluding hydrogens is 418 g/mol. The third-order valence-corrected chi connectivity index (χ3v) is 5.76. The summed E-state index contributed by atoms with van der Waals surface area (Å²) in [6.45, 7) is 6.98. The fourth-order valence-electron chi connectivity index (χ4n) is 3.73. The summed E-state index contributed by atoms with van der Waals surface area (Å²) in [7, 11) is 0. The number of allylic oxidation sites excluding steroid dienone is 2. The molecule has 1 fully saturated rings. The van der Waals surface area contributed by atoms with Crippen LogP contribution in [0.2, 0.25) is 0 Å². The molecule has 1 saturated heterocycles. The summed E-state index contributed by atoms with van der Waals surface area (Å²) in [5.74, 6) is 1.01. The molecular formula is C21H28BrN5O. The normalized spacial score (nSPS) is 18.3. The van der Waals surface area contributed by atoms with E-state index in [4.69, 9.17) is 4.98 Å². The van der Waals surface area contributed by atoms with E-state index in [1.165, 1.54) is 6.42 Å². The molecule has 0 amide bonds. The van der Waals surface area contributed by atoms with E-state index in [1.54, 1.807) is 12.4 Å². The van der Waals surface area contributed by atoms with Gasteiger partial charge in [0.1, 0.15) is 5.82 Å². The number of aliphatic hydroxyl groups excluding tert-OH is 1. The molecule has 0 bridgehead atoms. The van der Waals surface area contributed by atoms with E-state index >= 15 is 0 Å². The first-order chi connectivity index (χ1) is 13.7. The number of aliphatic hydroxyl groups is 1. The number of aromatic nitrogens is 3. The average Bonchev–Trinajstić information content (AvgIpc) is 3.08. The third-order valence-electron chi connectivity index (χ3n) is 5.20. The van der Waals surface area contributed by atoms with Gasteiger partial charge >= 0.3 is 0 Å². The summed E-state index contributed by atoms with van der Waals surface area (Å²) in [6, 6.07) is 0.327. The highest BCUT2D eigenvalue weighted by molar-refractivity contribution is 9.10. The number of aliphatic imine (C=N–C) groups is 1. The second kappa shape index (κ2) is 9.98. The first-order valence-corrected chi connectivity index (χ1v) is 10.7. The smallest absolute Gasteiger partial charge is 0.171 e. The van der Waals surface area contributed by atoms with Crippen molar-refractivity contribution < 1.29 is 5.11 Å². The molecule has 0 radical (unpaired) electrons. The van der Waals surface area contributed by atoms with Gasteiger partial charge in [-0.15, -0.1) is 0 Å². The summed E-state index contributed by atoms with van der Waals surface area (Å²) in [5.41, 5.74) is 3.07. The van der Waals surface area contributed by atoms with Gasteiger partial charge in [0.25, 0.3) is 0 Å². The van der Waals surface area contributed by atoms with E-state index in [0.717, 1.165) is 65.7 Å². The van der Waals surface area contributed by atoms with Crippen LogP contribution in [-0.2, 0) is 6.42 Å². The van der Waals surface area contributed by atoms with Crippen LogP contribution in [0.1, 0.15) is 44.6 Å². The predicted octanol–water partition coefficient (Wildman–Crippen LogP) is 4.33. The molecule has 1 aliphatic rings. The van der Waals surface area contributed by atoms with Crippen molar-refractivity contribution in [2.24, 2.45) is 4.99 Å². The Morgan fingerprint density at radius 1 is 1.46 bits per heavy atom. The first kappa shape index (κ1) is 20.7. The number of hydrogen-bond acceptors (Lipinski definition) is 5. The average molecular weight is 446 g/mol. The highest BCUT2D eigenvalue weighted by atomic mass is 79.9. The molecule has 28 heavy (non-hydrogen) atoms. The van der Waals surface area contributed by atoms with E-state index in [1.807, 2.05) is 23.7 Å². The fourth-order valence-corrected chi connectivity index (χ4v) is 4.10. The minimum absolute atomic E-state index is 0.202. The Morgan fingerprint density at radius 2 is 2.32 bits per heavy atom. The Hall–Kier alpha value is -1.99. The zero-order valence-corrected chi connectivity index (χ0v) is 18.0. The van der Waals surface area contributed by atoms with E-state index in [2.05, 4.69) is 43.7 Å². The van der Waals surface area contributed by atoms with Gasteiger partial charge < -0.3 is 10.0 Å². The number of nitrogens with zero attached hydrogens (tertiary/aromatic N) is 5. The van der Waals surface area contributed by atoms with E-state index in [-0.39, 0.29) is 6.61 Å². The Bertz CT molecular complexity index is 871. The second-order valence-corrected chi connectivity index (χ2v) is 7.88. The van der Waals surface area contributed by atoms with E-state index < -0.39 is 0 Å². The maximum atomic E-state index is 9.53. The van der Waals surface area contributed by atoms with Crippen molar-refractivity contribution in [2.45, 2.75) is 51.5 Å². The number of fused-ring (bicyclic) bond motifs is 1. The Balaban J connectivity index is 1.97. The van der Waals surface area contributed by atoms with Crippen LogP contribution in [0.15, 0.2) is 46.3 Å². The summed E-state index contributed by atoms with van der Waals surface area (Å²) in [5, 5.41) is 13.9. The number of rotatable bonds is 8. The van der Waals surface area contributed by atoms with Gasteiger partial charge in [-0.3, -0.25) is 4.99 Å². The maximum Gasteiger partial charge on any atom is 0.171 e. The van der Waals surface area contributed by atoms with Crippen molar-refractivity contribution in [2.75, 3.05) is 18.1 Å². The maximum absolute atomic E-state index is 9.53. The van der Waals surface area contributed by atoms with Gasteiger partial charge in [-0.05, 0) is 67.0 Å². The highest BCUT2D eigenvalue weighted by Gasteiger charge is 2.26. The molecule has 6 nitrogen and oxygen atoms in total. The van der Waals surface area contributed by atoms with Gasteiger partial charge in [0, 0.05) is 43.4 Å². The SMILES string of the molecule is C=C/C(=C\N=CC)CCc1cn2ncc(Br)c2nc1N1CCCC[C@H]1CCO. The predicted molar refractivity (Wildman–Crippen MR) is 118 cm³/mol. The monoisotopic (exact) mass is 445 g/mol. The summed E-state index contributed by atoms with van der Waals surface area (Å²) < 4.78 is 2.72. The molecule has 7 heteroatoms. The lowest BCUT2D eigenvalue weighted by atomic mass is 9.98. The van der Waals surface area contributed by atoms with Crippen LogP contribution in [0.3, 0.4) is 0 Å². The fraction of sp³-hybridized carbons (Fsp3) is 0.476. The molecule has 3 heterocycles. The quantitative estimate of drug-likeness (QED) is 0.484. The van der Waals surface area contributed by atoms with Crippen molar-refractivity contribution in [3.05, 3.63) is 46.9 Å². The molecule has 0 spiro atoms. The molecule has 0 aromatic carbocycles. The molecule has 3 rings (SSSR count). The molecule has 2 aromatic rings. The number of hydrogen-bond donors (Lipinski definition) is 1. The lowest BCUT2D eigenvalue weighted by molar-refractivity contribution is 0.262. The van der Waals surface area contributed by atoms with Gasteiger partial charge in [0.2, 0.25) is 0 Å². The van der Waals surface area contributed by atoms with Crippen molar-refractivity contribution in [1.29, 1.82) is 0 Å². The van der Waals surface area contributed by atoms with Crippen molar-refractivity contribution in [3.63, 3.8) is 0 Å². The lowest BCUT2D eigenvalue weighted by Gasteiger charge is -2.37. The second-order valence-electron chi connectivity index (χ2n) is 7.02. The summed E-state index contributed by atoms with van der Waals surface area (Å²) in [6.07, 6.45) is 15.2. The van der Waals surface area contributed by atoms with Crippen LogP contribution >= 0.6 is 15.9 Å². The lowest BCUT2D eigenvalue weighted by Crippen LogP contribution is -2.41. The minimum Gasteiger partial charge on any atom is -0.396 e. The number of anilines is 1. The van der Waals surface area contributed by atoms with E-state index in [9.17, 15) is 5.11 Å². The van der Waals surface area contributed by atoms with Crippen LogP contribution < -0.4 is 4.90 Å². The largest absolute Gasteiger partial charge is 0.396 e. The molecule has 1 aliphatic heterocycles. The van der Waals surface area contributed by atoms with E-state index in [0.29, 0.717) is 6.04 Å². The minimum atomic E-state index is 0.202. The van der Waals surface area contributed by atoms with Crippen LogP contribution in [0.5, 0.6) is 0 Å². The Kier molecular flexibility index (Phi) is 7.39. The highest BCUT2D eigenvalue weighted by Crippen LogP contribution is 2.31. The Morgan fingerprint density at radius 3 is 3.07 bits per heavy atom.